The zero-order chi connectivity index (χ0) is 18.8. The van der Waals surface area contributed by atoms with E-state index in [9.17, 15) is 0 Å². The van der Waals surface area contributed by atoms with E-state index < -0.39 is 9.04 Å². The highest BCUT2D eigenvalue weighted by molar-refractivity contribution is 9.09. The Labute approximate surface area is 170 Å². The molecule has 0 aliphatic heterocycles. The van der Waals surface area contributed by atoms with Gasteiger partial charge < -0.3 is 4.43 Å². The Balaban J connectivity index is 2.14. The van der Waals surface area contributed by atoms with Crippen molar-refractivity contribution in [2.24, 2.45) is 5.41 Å². The Hall–Kier alpha value is -0.903. The summed E-state index contributed by atoms with van der Waals surface area (Å²) < 4.78 is 6.92. The predicted molar refractivity (Wildman–Crippen MR) is 121 cm³/mol. The number of halogens is 1. The van der Waals surface area contributed by atoms with E-state index >= 15 is 0 Å². The number of alkyl halides is 1. The summed E-state index contributed by atoms with van der Waals surface area (Å²) in [4.78, 5) is 0. The van der Waals surface area contributed by atoms with Crippen LogP contribution in [0.25, 0.3) is 0 Å². The molecule has 0 spiro atoms. The van der Waals surface area contributed by atoms with Gasteiger partial charge in [-0.05, 0) is 28.6 Å². The van der Waals surface area contributed by atoms with Crippen LogP contribution in [0.1, 0.15) is 52.9 Å². The van der Waals surface area contributed by atoms with Crippen molar-refractivity contribution in [3.63, 3.8) is 0 Å². The summed E-state index contributed by atoms with van der Waals surface area (Å²) in [6.45, 7) is 6.95. The van der Waals surface area contributed by atoms with Crippen LogP contribution >= 0.6 is 15.9 Å². The maximum atomic E-state index is 6.92. The minimum atomic E-state index is -1.68. The summed E-state index contributed by atoms with van der Waals surface area (Å²) in [7, 11) is -1.68. The molecular weight excluding hydrogens is 400 g/mol. The molecule has 142 valence electrons. The van der Waals surface area contributed by atoms with Gasteiger partial charge in [-0.15, -0.1) is 0 Å². The molecular formula is C23H33BrOSi. The van der Waals surface area contributed by atoms with E-state index in [1.165, 1.54) is 36.1 Å². The molecule has 0 radical (unpaired) electrons. The Morgan fingerprint density at radius 1 is 0.808 bits per heavy atom. The molecule has 0 heterocycles. The molecule has 1 nitrogen and oxygen atoms in total. The van der Waals surface area contributed by atoms with Gasteiger partial charge in [0.15, 0.2) is 0 Å². The van der Waals surface area contributed by atoms with Gasteiger partial charge in [-0.3, -0.25) is 0 Å². The fourth-order valence-corrected chi connectivity index (χ4v) is 6.36. The van der Waals surface area contributed by atoms with Crippen molar-refractivity contribution in [3.05, 3.63) is 60.7 Å². The molecule has 0 saturated carbocycles. The minimum Gasteiger partial charge on any atom is -0.407 e. The van der Waals surface area contributed by atoms with Gasteiger partial charge in [0.2, 0.25) is 9.04 Å². The summed E-state index contributed by atoms with van der Waals surface area (Å²) in [6, 6.07) is 21.7. The molecule has 0 aliphatic carbocycles. The normalized spacial score (nSPS) is 13.1. The number of unbranched alkanes of at least 4 members (excludes halogenated alkanes) is 3. The van der Waals surface area contributed by atoms with Crippen LogP contribution in [0.5, 0.6) is 0 Å². The molecule has 2 aromatic rings. The first-order chi connectivity index (χ1) is 12.5. The van der Waals surface area contributed by atoms with Crippen LogP contribution in [0, 0.1) is 5.41 Å². The maximum absolute atomic E-state index is 6.92. The topological polar surface area (TPSA) is 9.23 Å². The van der Waals surface area contributed by atoms with Crippen LogP contribution < -0.4 is 10.4 Å². The average molecular weight is 434 g/mol. The largest absolute Gasteiger partial charge is 0.407 e. The van der Waals surface area contributed by atoms with E-state index in [0.717, 1.165) is 11.8 Å². The highest BCUT2D eigenvalue weighted by atomic mass is 79.9. The molecule has 2 aromatic carbocycles. The van der Waals surface area contributed by atoms with Crippen molar-refractivity contribution < 1.29 is 4.43 Å². The van der Waals surface area contributed by atoms with E-state index in [0.29, 0.717) is 6.10 Å². The molecule has 0 fully saturated rings. The number of hydrogen-bond donors (Lipinski definition) is 0. The van der Waals surface area contributed by atoms with Crippen LogP contribution in [0.3, 0.4) is 0 Å². The van der Waals surface area contributed by atoms with Crippen LogP contribution in [0.2, 0.25) is 0 Å². The Morgan fingerprint density at radius 2 is 1.31 bits per heavy atom. The van der Waals surface area contributed by atoms with Crippen molar-refractivity contribution in [3.8, 4) is 0 Å². The number of benzene rings is 2. The number of hydrogen-bond acceptors (Lipinski definition) is 1. The van der Waals surface area contributed by atoms with Gasteiger partial charge in [-0.1, -0.05) is 117 Å². The first-order valence-corrected chi connectivity index (χ1v) is 12.6. The number of rotatable bonds is 10. The lowest BCUT2D eigenvalue weighted by atomic mass is 9.86. The van der Waals surface area contributed by atoms with Crippen LogP contribution in [0.4, 0.5) is 0 Å². The van der Waals surface area contributed by atoms with Crippen molar-refractivity contribution in [2.45, 2.75) is 59.0 Å². The molecule has 0 amide bonds. The second-order valence-electron chi connectivity index (χ2n) is 8.08. The van der Waals surface area contributed by atoms with Gasteiger partial charge in [0.1, 0.15) is 0 Å². The molecule has 0 aliphatic rings. The predicted octanol–water partition coefficient (Wildman–Crippen LogP) is 5.30. The smallest absolute Gasteiger partial charge is 0.240 e. The molecule has 3 heteroatoms. The first kappa shape index (κ1) is 21.4. The fourth-order valence-electron chi connectivity index (χ4n) is 3.25. The lowest BCUT2D eigenvalue weighted by molar-refractivity contribution is 0.0788. The second-order valence-corrected chi connectivity index (χ2v) is 11.2. The Morgan fingerprint density at radius 3 is 1.77 bits per heavy atom. The van der Waals surface area contributed by atoms with Crippen molar-refractivity contribution in [2.75, 3.05) is 5.33 Å². The van der Waals surface area contributed by atoms with Gasteiger partial charge in [-0.2, -0.15) is 0 Å². The monoisotopic (exact) mass is 432 g/mol. The third kappa shape index (κ3) is 7.01. The summed E-state index contributed by atoms with van der Waals surface area (Å²) in [5, 5.41) is 3.85. The molecule has 1 atom stereocenters. The van der Waals surface area contributed by atoms with Gasteiger partial charge in [-0.25, -0.2) is 0 Å². The average Bonchev–Trinajstić information content (AvgIpc) is 2.64. The SMILES string of the molecule is CC(C)(C)C(CCCCCCBr)O[SiH](c1ccccc1)c1ccccc1. The zero-order valence-electron chi connectivity index (χ0n) is 16.5. The fraction of sp³-hybridized carbons (Fsp3) is 0.478. The van der Waals surface area contributed by atoms with E-state index in [-0.39, 0.29) is 5.41 Å². The molecule has 0 bridgehead atoms. The van der Waals surface area contributed by atoms with E-state index in [1.54, 1.807) is 0 Å². The maximum Gasteiger partial charge on any atom is 0.240 e. The molecule has 0 saturated heterocycles. The molecule has 0 N–H and O–H groups in total. The highest BCUT2D eigenvalue weighted by Crippen LogP contribution is 2.27. The Bertz CT molecular complexity index is 570. The van der Waals surface area contributed by atoms with Crippen LogP contribution in [-0.4, -0.2) is 20.5 Å². The van der Waals surface area contributed by atoms with Crippen molar-refractivity contribution >= 4 is 35.3 Å². The molecule has 0 aromatic heterocycles. The minimum absolute atomic E-state index is 0.157. The summed E-state index contributed by atoms with van der Waals surface area (Å²) in [6.07, 6.45) is 6.56. The Kier molecular flexibility index (Phi) is 9.10. The van der Waals surface area contributed by atoms with Gasteiger partial charge in [0.25, 0.3) is 0 Å². The summed E-state index contributed by atoms with van der Waals surface area (Å²) in [5.74, 6) is 0. The van der Waals surface area contributed by atoms with E-state index in [1.807, 2.05) is 0 Å². The van der Waals surface area contributed by atoms with Crippen LogP contribution in [0.15, 0.2) is 60.7 Å². The standard InChI is InChI=1S/C23H33BrOSi/c1-23(2,3)22(18-12-4-5-13-19-24)25-26(20-14-8-6-9-15-20)21-16-10-7-11-17-21/h6-11,14-17,22,26H,4-5,12-13,18-19H2,1-3H3. The third-order valence-corrected chi connectivity index (χ3v) is 7.96. The molecule has 1 unspecified atom stereocenters. The first-order valence-electron chi connectivity index (χ1n) is 9.83. The van der Waals surface area contributed by atoms with Crippen LogP contribution in [-0.2, 0) is 4.43 Å². The highest BCUT2D eigenvalue weighted by Gasteiger charge is 2.30. The quantitative estimate of drug-likeness (QED) is 0.281. The van der Waals surface area contributed by atoms with Crippen molar-refractivity contribution in [1.29, 1.82) is 0 Å². The second kappa shape index (κ2) is 11.1. The summed E-state index contributed by atoms with van der Waals surface area (Å²) >= 11 is 3.53. The lowest BCUT2D eigenvalue weighted by Gasteiger charge is -2.34. The molecule has 26 heavy (non-hydrogen) atoms. The lowest BCUT2D eigenvalue weighted by Crippen LogP contribution is -2.49. The van der Waals surface area contributed by atoms with Gasteiger partial charge in [0.05, 0.1) is 6.10 Å². The summed E-state index contributed by atoms with van der Waals surface area (Å²) in [5.41, 5.74) is 0.157. The van der Waals surface area contributed by atoms with Gasteiger partial charge >= 0.3 is 0 Å². The molecule has 2 rings (SSSR count). The van der Waals surface area contributed by atoms with Gasteiger partial charge in [0, 0.05) is 5.33 Å². The zero-order valence-corrected chi connectivity index (χ0v) is 19.2. The third-order valence-electron chi connectivity index (χ3n) is 4.82. The van der Waals surface area contributed by atoms with Crippen molar-refractivity contribution in [1.82, 2.24) is 0 Å². The van der Waals surface area contributed by atoms with E-state index in [2.05, 4.69) is 97.4 Å². The van der Waals surface area contributed by atoms with E-state index in [4.69, 9.17) is 4.43 Å².